The molecule has 0 atom stereocenters. The normalized spacial score (nSPS) is 11.1. The Balaban J connectivity index is 2.18. The van der Waals surface area contributed by atoms with Crippen LogP contribution in [0.1, 0.15) is 38.7 Å². The van der Waals surface area contributed by atoms with Crippen LogP contribution in [0.2, 0.25) is 10.0 Å². The average molecular weight is 274 g/mol. The van der Waals surface area contributed by atoms with Crippen LogP contribution in [0.25, 0.3) is 0 Å². The smallest absolute Gasteiger partial charge is 0.0452 e. The highest BCUT2D eigenvalue weighted by Gasteiger charge is 2.01. The van der Waals surface area contributed by atoms with E-state index in [9.17, 15) is 0 Å². The number of benzene rings is 1. The second kappa shape index (κ2) is 7.97. The maximum absolute atomic E-state index is 6.11. The summed E-state index contributed by atoms with van der Waals surface area (Å²) in [6, 6.07) is 6.33. The Morgan fingerprint density at radius 3 is 2.53 bits per heavy atom. The highest BCUT2D eigenvalue weighted by molar-refractivity contribution is 6.35. The number of hydrogen-bond acceptors (Lipinski definition) is 1. The second-order valence-electron chi connectivity index (χ2n) is 4.66. The molecule has 0 aromatic heterocycles. The van der Waals surface area contributed by atoms with Crippen molar-refractivity contribution in [3.63, 3.8) is 0 Å². The summed E-state index contributed by atoms with van der Waals surface area (Å²) in [5, 5.41) is 4.92. The van der Waals surface area contributed by atoms with Gasteiger partial charge in [0.15, 0.2) is 0 Å². The summed E-state index contributed by atoms with van der Waals surface area (Å²) in [6.45, 7) is 5.45. The predicted molar refractivity (Wildman–Crippen MR) is 77.2 cm³/mol. The molecule has 17 heavy (non-hydrogen) atoms. The van der Waals surface area contributed by atoms with E-state index in [0.29, 0.717) is 11.1 Å². The van der Waals surface area contributed by atoms with E-state index in [1.165, 1.54) is 24.8 Å². The zero-order chi connectivity index (χ0) is 12.7. The molecule has 0 saturated heterocycles. The first-order valence-electron chi connectivity index (χ1n) is 6.27. The Morgan fingerprint density at radius 2 is 1.88 bits per heavy atom. The Hall–Kier alpha value is -0.240. The van der Waals surface area contributed by atoms with Crippen LogP contribution in [0.5, 0.6) is 0 Å². The summed E-state index contributed by atoms with van der Waals surface area (Å²) in [6.07, 6.45) is 4.68. The Morgan fingerprint density at radius 1 is 1.12 bits per heavy atom. The quantitative estimate of drug-likeness (QED) is 0.710. The summed E-state index contributed by atoms with van der Waals surface area (Å²) in [5.74, 6) is 0. The van der Waals surface area contributed by atoms with Crippen LogP contribution in [0.3, 0.4) is 0 Å². The zero-order valence-electron chi connectivity index (χ0n) is 10.6. The first-order chi connectivity index (χ1) is 8.09. The molecule has 0 bridgehead atoms. The number of unbranched alkanes of at least 4 members (excludes halogenated alkanes) is 2. The van der Waals surface area contributed by atoms with Gasteiger partial charge in [0.2, 0.25) is 0 Å². The van der Waals surface area contributed by atoms with Crippen LogP contribution in [0.4, 0.5) is 0 Å². The molecule has 1 rings (SSSR count). The topological polar surface area (TPSA) is 12.0 Å². The second-order valence-corrected chi connectivity index (χ2v) is 5.50. The fourth-order valence-corrected chi connectivity index (χ4v) is 2.24. The van der Waals surface area contributed by atoms with Gasteiger partial charge in [0, 0.05) is 16.1 Å². The summed E-state index contributed by atoms with van der Waals surface area (Å²) >= 11 is 12.0. The summed E-state index contributed by atoms with van der Waals surface area (Å²) < 4.78 is 0. The van der Waals surface area contributed by atoms with Gasteiger partial charge >= 0.3 is 0 Å². The first kappa shape index (κ1) is 14.8. The minimum Gasteiger partial charge on any atom is -0.315 e. The standard InChI is InChI=1S/C14H21Cl2N/c1-11(2)17-9-5-3-4-6-12-7-8-13(15)10-14(12)16/h7-8,10-11,17H,3-6,9H2,1-2H3. The summed E-state index contributed by atoms with van der Waals surface area (Å²) in [5.41, 5.74) is 1.20. The van der Waals surface area contributed by atoms with E-state index in [1.807, 2.05) is 18.2 Å². The van der Waals surface area contributed by atoms with E-state index >= 15 is 0 Å². The van der Waals surface area contributed by atoms with Gasteiger partial charge in [0.1, 0.15) is 0 Å². The largest absolute Gasteiger partial charge is 0.315 e. The van der Waals surface area contributed by atoms with Crippen molar-refractivity contribution in [1.29, 1.82) is 0 Å². The average Bonchev–Trinajstić information content (AvgIpc) is 2.25. The number of hydrogen-bond donors (Lipinski definition) is 1. The molecule has 0 heterocycles. The predicted octanol–water partition coefficient (Wildman–Crippen LogP) is 4.70. The molecule has 0 fully saturated rings. The third-order valence-electron chi connectivity index (χ3n) is 2.69. The van der Waals surface area contributed by atoms with E-state index in [0.717, 1.165) is 18.0 Å². The molecule has 0 aliphatic heterocycles. The van der Waals surface area contributed by atoms with E-state index in [1.54, 1.807) is 0 Å². The lowest BCUT2D eigenvalue weighted by Gasteiger charge is -2.08. The lowest BCUT2D eigenvalue weighted by atomic mass is 10.1. The molecular weight excluding hydrogens is 253 g/mol. The van der Waals surface area contributed by atoms with Crippen molar-refractivity contribution in [3.8, 4) is 0 Å². The van der Waals surface area contributed by atoms with Crippen LogP contribution >= 0.6 is 23.2 Å². The minimum atomic E-state index is 0.584. The third kappa shape index (κ3) is 6.30. The number of rotatable bonds is 7. The van der Waals surface area contributed by atoms with Gasteiger partial charge in [0.05, 0.1) is 0 Å². The van der Waals surface area contributed by atoms with Gasteiger partial charge < -0.3 is 5.32 Å². The van der Waals surface area contributed by atoms with Gasteiger partial charge in [-0.1, -0.05) is 49.5 Å². The molecule has 0 aliphatic carbocycles. The van der Waals surface area contributed by atoms with Crippen molar-refractivity contribution in [1.82, 2.24) is 5.32 Å². The van der Waals surface area contributed by atoms with Crippen molar-refractivity contribution in [2.45, 2.75) is 45.6 Å². The van der Waals surface area contributed by atoms with E-state index in [2.05, 4.69) is 19.2 Å². The van der Waals surface area contributed by atoms with Gasteiger partial charge in [-0.25, -0.2) is 0 Å². The maximum Gasteiger partial charge on any atom is 0.0452 e. The highest BCUT2D eigenvalue weighted by Crippen LogP contribution is 2.22. The fourth-order valence-electron chi connectivity index (χ4n) is 1.73. The van der Waals surface area contributed by atoms with E-state index in [-0.39, 0.29) is 0 Å². The summed E-state index contributed by atoms with van der Waals surface area (Å²) in [7, 11) is 0. The van der Waals surface area contributed by atoms with Crippen LogP contribution in [0.15, 0.2) is 18.2 Å². The lowest BCUT2D eigenvalue weighted by Crippen LogP contribution is -2.23. The third-order valence-corrected chi connectivity index (χ3v) is 3.28. The van der Waals surface area contributed by atoms with Crippen molar-refractivity contribution < 1.29 is 0 Å². The van der Waals surface area contributed by atoms with Crippen LogP contribution in [-0.2, 0) is 6.42 Å². The Kier molecular flexibility index (Phi) is 6.94. The van der Waals surface area contributed by atoms with E-state index in [4.69, 9.17) is 23.2 Å². The lowest BCUT2D eigenvalue weighted by molar-refractivity contribution is 0.548. The molecule has 0 amide bonds. The Labute approximate surface area is 115 Å². The van der Waals surface area contributed by atoms with E-state index < -0.39 is 0 Å². The molecule has 3 heteroatoms. The molecule has 96 valence electrons. The molecule has 0 spiro atoms. The Bertz CT molecular complexity index is 337. The van der Waals surface area contributed by atoms with Crippen LogP contribution in [-0.4, -0.2) is 12.6 Å². The molecular formula is C14H21Cl2N. The van der Waals surface area contributed by atoms with Crippen molar-refractivity contribution >= 4 is 23.2 Å². The molecule has 1 nitrogen and oxygen atoms in total. The van der Waals surface area contributed by atoms with Gasteiger partial charge in [-0.15, -0.1) is 0 Å². The molecule has 1 aromatic rings. The van der Waals surface area contributed by atoms with Crippen molar-refractivity contribution in [3.05, 3.63) is 33.8 Å². The van der Waals surface area contributed by atoms with Crippen LogP contribution < -0.4 is 5.32 Å². The number of halogens is 2. The van der Waals surface area contributed by atoms with Crippen LogP contribution in [0, 0.1) is 0 Å². The maximum atomic E-state index is 6.11. The number of aryl methyl sites for hydroxylation is 1. The van der Waals surface area contributed by atoms with Gasteiger partial charge in [-0.3, -0.25) is 0 Å². The molecule has 0 unspecified atom stereocenters. The van der Waals surface area contributed by atoms with Gasteiger partial charge in [-0.05, 0) is 43.5 Å². The van der Waals surface area contributed by atoms with Gasteiger partial charge in [0.25, 0.3) is 0 Å². The molecule has 0 radical (unpaired) electrons. The van der Waals surface area contributed by atoms with Crippen molar-refractivity contribution in [2.75, 3.05) is 6.54 Å². The molecule has 0 aliphatic rings. The van der Waals surface area contributed by atoms with Crippen molar-refractivity contribution in [2.24, 2.45) is 0 Å². The minimum absolute atomic E-state index is 0.584. The monoisotopic (exact) mass is 273 g/mol. The molecule has 1 aromatic carbocycles. The molecule has 1 N–H and O–H groups in total. The highest BCUT2D eigenvalue weighted by atomic mass is 35.5. The summed E-state index contributed by atoms with van der Waals surface area (Å²) in [4.78, 5) is 0. The SMILES string of the molecule is CC(C)NCCCCCc1ccc(Cl)cc1Cl. The van der Waals surface area contributed by atoms with Gasteiger partial charge in [-0.2, -0.15) is 0 Å². The first-order valence-corrected chi connectivity index (χ1v) is 7.02. The zero-order valence-corrected chi connectivity index (χ0v) is 12.1. The number of nitrogens with one attached hydrogen (secondary N) is 1. The fraction of sp³-hybridized carbons (Fsp3) is 0.571. The molecule has 0 saturated carbocycles.